The van der Waals surface area contributed by atoms with E-state index in [0.29, 0.717) is 41.7 Å². The van der Waals surface area contributed by atoms with Crippen molar-refractivity contribution in [2.24, 2.45) is 28.5 Å². The topological polar surface area (TPSA) is 119 Å². The third-order valence-electron chi connectivity index (χ3n) is 7.15. The van der Waals surface area contributed by atoms with E-state index >= 15 is 0 Å². The molecule has 1 saturated carbocycles. The van der Waals surface area contributed by atoms with E-state index in [9.17, 15) is 9.59 Å². The van der Waals surface area contributed by atoms with Crippen LogP contribution in [0.4, 0.5) is 11.5 Å². The molecule has 200 valence electrons. The number of nitrogens with two attached hydrogens (primary N) is 1. The number of rotatable bonds is 9. The van der Waals surface area contributed by atoms with Crippen LogP contribution in [-0.2, 0) is 14.3 Å². The number of hydrogen-bond acceptors (Lipinski definition) is 6. The Bertz CT molecular complexity index is 1260. The number of nitrogens with one attached hydrogen (secondary N) is 2. The van der Waals surface area contributed by atoms with Crippen LogP contribution in [0.3, 0.4) is 0 Å². The maximum atomic E-state index is 13.1. The van der Waals surface area contributed by atoms with Gasteiger partial charge in [0.25, 0.3) is 0 Å². The number of aliphatic imine (C=N–C) groups is 1. The van der Waals surface area contributed by atoms with Gasteiger partial charge in [0.2, 0.25) is 11.8 Å². The number of ether oxygens (including phenoxy) is 1. The third-order valence-corrected chi connectivity index (χ3v) is 7.15. The maximum absolute atomic E-state index is 13.1. The Morgan fingerprint density at radius 1 is 1.13 bits per heavy atom. The van der Waals surface area contributed by atoms with E-state index in [1.165, 1.54) is 6.20 Å². The summed E-state index contributed by atoms with van der Waals surface area (Å²) < 4.78 is 5.83. The van der Waals surface area contributed by atoms with Crippen LogP contribution in [0.1, 0.15) is 56.2 Å². The fourth-order valence-corrected chi connectivity index (χ4v) is 4.59. The highest BCUT2D eigenvalue weighted by Crippen LogP contribution is 2.31. The zero-order chi connectivity index (χ0) is 27.2. The van der Waals surface area contributed by atoms with E-state index in [4.69, 9.17) is 10.5 Å². The summed E-state index contributed by atoms with van der Waals surface area (Å²) in [4.78, 5) is 33.8. The van der Waals surface area contributed by atoms with Gasteiger partial charge in [-0.25, -0.2) is 4.98 Å². The molecule has 8 nitrogen and oxygen atoms in total. The van der Waals surface area contributed by atoms with Crippen LogP contribution in [0.2, 0.25) is 0 Å². The second-order valence-electron chi connectivity index (χ2n) is 10.4. The summed E-state index contributed by atoms with van der Waals surface area (Å²) in [5.74, 6) is 0.854. The number of benzene rings is 1. The second-order valence-corrected chi connectivity index (χ2v) is 10.4. The molecular weight excluding hydrogens is 478 g/mol. The van der Waals surface area contributed by atoms with Crippen molar-refractivity contribution in [2.45, 2.75) is 52.6 Å². The molecule has 1 aliphatic heterocycles. The number of aromatic nitrogens is 1. The van der Waals surface area contributed by atoms with Gasteiger partial charge >= 0.3 is 0 Å². The molecule has 0 spiro atoms. The smallest absolute Gasteiger partial charge is 0.228 e. The van der Waals surface area contributed by atoms with Gasteiger partial charge in [-0.15, -0.1) is 0 Å². The number of pyridine rings is 1. The molecule has 2 aromatic rings. The number of amides is 2. The van der Waals surface area contributed by atoms with E-state index in [0.717, 1.165) is 36.0 Å². The van der Waals surface area contributed by atoms with Gasteiger partial charge in [0.05, 0.1) is 11.8 Å². The van der Waals surface area contributed by atoms with Gasteiger partial charge in [0, 0.05) is 42.1 Å². The summed E-state index contributed by atoms with van der Waals surface area (Å²) in [6.07, 6.45) is 8.35. The number of carbonyl (C=O) groups excluding carboxylic acids is 2. The lowest BCUT2D eigenvalue weighted by atomic mass is 9.89. The average Bonchev–Trinajstić information content (AvgIpc) is 3.77. The van der Waals surface area contributed by atoms with Crippen LogP contribution in [0.25, 0.3) is 11.3 Å². The van der Waals surface area contributed by atoms with Gasteiger partial charge in [-0.3, -0.25) is 14.6 Å². The summed E-state index contributed by atoms with van der Waals surface area (Å²) in [6, 6.07) is 9.38. The van der Waals surface area contributed by atoms with Crippen molar-refractivity contribution in [2.75, 3.05) is 17.2 Å². The minimum absolute atomic E-state index is 0.00551. The largest absolute Gasteiger partial charge is 0.404 e. The lowest BCUT2D eigenvalue weighted by molar-refractivity contribution is -0.126. The van der Waals surface area contributed by atoms with Crippen LogP contribution >= 0.6 is 0 Å². The quantitative estimate of drug-likeness (QED) is 0.314. The fourth-order valence-electron chi connectivity index (χ4n) is 4.59. The first-order chi connectivity index (χ1) is 18.3. The molecule has 1 saturated heterocycles. The fraction of sp³-hybridized carbons (Fsp3) is 0.400. The number of carbonyl (C=O) groups is 2. The minimum Gasteiger partial charge on any atom is -0.404 e. The van der Waals surface area contributed by atoms with E-state index in [-0.39, 0.29) is 29.8 Å². The van der Waals surface area contributed by atoms with Crippen molar-refractivity contribution in [3.05, 3.63) is 65.5 Å². The molecule has 0 bridgehead atoms. The first-order valence-corrected chi connectivity index (χ1v) is 13.2. The predicted octanol–water partition coefficient (Wildman–Crippen LogP) is 5.17. The molecule has 0 radical (unpaired) electrons. The Morgan fingerprint density at radius 2 is 1.89 bits per heavy atom. The molecule has 0 unspecified atom stereocenters. The molecule has 2 aliphatic rings. The summed E-state index contributed by atoms with van der Waals surface area (Å²) in [7, 11) is 0. The summed E-state index contributed by atoms with van der Waals surface area (Å²) in [5, 5.41) is 5.96. The highest BCUT2D eigenvalue weighted by molar-refractivity contribution is 5.95. The zero-order valence-electron chi connectivity index (χ0n) is 22.4. The van der Waals surface area contributed by atoms with Crippen molar-refractivity contribution < 1.29 is 14.3 Å². The standard InChI is InChI=1S/C30H37N5O3/c1-18(2)27-14-22(10-12-38-27)30(37)34-24-8-5-19(3)25(16-24)26(32-4)13-23(17-31)21-9-11-33-28(15-21)35-29(36)20-6-7-20/h5,8-9,11,13,15-18,20,22,27H,4,6-7,10,12,14,31H2,1-3H3,(H,34,37)(H,33,35,36)/b23-17+,26-13-/t22-,27+/m0/s1. The van der Waals surface area contributed by atoms with E-state index in [1.807, 2.05) is 37.3 Å². The first-order valence-electron chi connectivity index (χ1n) is 13.2. The van der Waals surface area contributed by atoms with Crippen molar-refractivity contribution in [3.8, 4) is 0 Å². The van der Waals surface area contributed by atoms with E-state index in [2.05, 4.69) is 41.2 Å². The molecule has 2 fully saturated rings. The van der Waals surface area contributed by atoms with Crippen LogP contribution in [0.5, 0.6) is 0 Å². The molecule has 2 amide bonds. The normalized spacial score (nSPS) is 20.2. The molecule has 1 aromatic heterocycles. The zero-order valence-corrected chi connectivity index (χ0v) is 22.4. The predicted molar refractivity (Wildman–Crippen MR) is 152 cm³/mol. The van der Waals surface area contributed by atoms with Gasteiger partial charge in [-0.05, 0) is 92.3 Å². The number of aryl methyl sites for hydroxylation is 1. The van der Waals surface area contributed by atoms with Gasteiger partial charge in [-0.1, -0.05) is 19.9 Å². The lowest BCUT2D eigenvalue weighted by Gasteiger charge is -2.31. The Morgan fingerprint density at radius 3 is 2.58 bits per heavy atom. The second kappa shape index (κ2) is 12.2. The number of anilines is 2. The number of nitrogens with zero attached hydrogens (tertiary/aromatic N) is 2. The van der Waals surface area contributed by atoms with E-state index < -0.39 is 0 Å². The highest BCUT2D eigenvalue weighted by atomic mass is 16.5. The van der Waals surface area contributed by atoms with Crippen molar-refractivity contribution in [1.29, 1.82) is 0 Å². The molecular formula is C30H37N5O3. The molecule has 8 heteroatoms. The number of hydrogen-bond donors (Lipinski definition) is 3. The molecule has 4 rings (SSSR count). The molecule has 2 heterocycles. The van der Waals surface area contributed by atoms with Crippen LogP contribution in [0.15, 0.2) is 53.8 Å². The van der Waals surface area contributed by atoms with Gasteiger partial charge in [0.1, 0.15) is 5.82 Å². The molecule has 1 aliphatic carbocycles. The van der Waals surface area contributed by atoms with Gasteiger partial charge < -0.3 is 21.1 Å². The summed E-state index contributed by atoms with van der Waals surface area (Å²) >= 11 is 0. The number of allylic oxidation sites excluding steroid dienone is 2. The molecule has 38 heavy (non-hydrogen) atoms. The Hall–Kier alpha value is -3.78. The lowest BCUT2D eigenvalue weighted by Crippen LogP contribution is -2.35. The third kappa shape index (κ3) is 6.75. The van der Waals surface area contributed by atoms with Crippen LogP contribution < -0.4 is 16.4 Å². The average molecular weight is 516 g/mol. The Labute approximate surface area is 224 Å². The first kappa shape index (κ1) is 27.3. The van der Waals surface area contributed by atoms with Crippen molar-refractivity contribution >= 4 is 41.3 Å². The van der Waals surface area contributed by atoms with Gasteiger partial charge in [0.15, 0.2) is 0 Å². The summed E-state index contributed by atoms with van der Waals surface area (Å²) in [6.45, 7) is 10.6. The molecule has 1 aromatic carbocycles. The minimum atomic E-state index is -0.0819. The maximum Gasteiger partial charge on any atom is 0.228 e. The monoisotopic (exact) mass is 515 g/mol. The molecule has 4 N–H and O–H groups in total. The van der Waals surface area contributed by atoms with Crippen LogP contribution in [-0.4, -0.2) is 36.2 Å². The van der Waals surface area contributed by atoms with Gasteiger partial charge in [-0.2, -0.15) is 0 Å². The SMILES string of the molecule is C=N/C(=C\C(=C/N)c1ccnc(NC(=O)C2CC2)c1)c1cc(NC(=O)[C@H]2CCO[C@@H](C(C)C)C2)ccc1C. The van der Waals surface area contributed by atoms with Crippen LogP contribution in [0, 0.1) is 24.7 Å². The van der Waals surface area contributed by atoms with E-state index in [1.54, 1.807) is 12.3 Å². The van der Waals surface area contributed by atoms with Crippen molar-refractivity contribution in [3.63, 3.8) is 0 Å². The Balaban J connectivity index is 1.53. The molecule has 2 atom stereocenters. The van der Waals surface area contributed by atoms with Crippen molar-refractivity contribution in [1.82, 2.24) is 4.98 Å². The highest BCUT2D eigenvalue weighted by Gasteiger charge is 2.30. The Kier molecular flexibility index (Phi) is 8.73. The summed E-state index contributed by atoms with van der Waals surface area (Å²) in [5.41, 5.74) is 10.6.